The number of aromatic nitrogens is 5. The molecule has 0 bridgehead atoms. The van der Waals surface area contributed by atoms with E-state index < -0.39 is 0 Å². The van der Waals surface area contributed by atoms with Gasteiger partial charge in [-0.25, -0.2) is 4.98 Å². The summed E-state index contributed by atoms with van der Waals surface area (Å²) < 4.78 is 3.94. The molecule has 2 N–H and O–H groups in total. The summed E-state index contributed by atoms with van der Waals surface area (Å²) in [4.78, 5) is 19.0. The van der Waals surface area contributed by atoms with Crippen LogP contribution in [0.5, 0.6) is 0 Å². The standard InChI is InChI=1S/C13H14N8S/c1-14-10-17-11(20-13-15-8-16-22-13)19-12(18-10)21(2)9-6-4-3-5-7-9/h3-8H,1-2H3,(H2,14,15,16,17,18,19,20). The Kier molecular flexibility index (Phi) is 4.05. The lowest BCUT2D eigenvalue weighted by Gasteiger charge is -2.18. The van der Waals surface area contributed by atoms with Crippen LogP contribution < -0.4 is 15.5 Å². The van der Waals surface area contributed by atoms with Gasteiger partial charge in [0.1, 0.15) is 6.33 Å². The Hall–Kier alpha value is -2.81. The maximum absolute atomic E-state index is 4.42. The lowest BCUT2D eigenvalue weighted by Crippen LogP contribution is -2.15. The molecule has 0 fully saturated rings. The van der Waals surface area contributed by atoms with Crippen molar-refractivity contribution >= 4 is 40.2 Å². The number of hydrogen-bond acceptors (Lipinski definition) is 9. The number of nitrogens with one attached hydrogen (secondary N) is 2. The molecule has 0 aliphatic carbocycles. The van der Waals surface area contributed by atoms with Crippen LogP contribution in [0.3, 0.4) is 0 Å². The number of hydrogen-bond donors (Lipinski definition) is 2. The first kappa shape index (κ1) is 14.1. The van der Waals surface area contributed by atoms with Crippen LogP contribution in [0.2, 0.25) is 0 Å². The second-order valence-electron chi connectivity index (χ2n) is 4.30. The Morgan fingerprint density at radius 2 is 1.82 bits per heavy atom. The molecule has 0 radical (unpaired) electrons. The minimum atomic E-state index is 0.411. The van der Waals surface area contributed by atoms with Crippen LogP contribution in [-0.4, -0.2) is 38.4 Å². The van der Waals surface area contributed by atoms with Crippen molar-refractivity contribution in [1.82, 2.24) is 24.3 Å². The van der Waals surface area contributed by atoms with Gasteiger partial charge in [-0.2, -0.15) is 19.3 Å². The number of rotatable bonds is 5. The summed E-state index contributed by atoms with van der Waals surface area (Å²) in [6.45, 7) is 0. The third-order valence-corrected chi connectivity index (χ3v) is 3.45. The molecule has 9 heteroatoms. The monoisotopic (exact) mass is 314 g/mol. The van der Waals surface area contributed by atoms with Crippen molar-refractivity contribution in [2.24, 2.45) is 0 Å². The first-order valence-electron chi connectivity index (χ1n) is 6.52. The van der Waals surface area contributed by atoms with Gasteiger partial charge in [0.05, 0.1) is 0 Å². The minimum Gasteiger partial charge on any atom is -0.357 e. The number of benzene rings is 1. The highest BCUT2D eigenvalue weighted by Crippen LogP contribution is 2.22. The molecule has 22 heavy (non-hydrogen) atoms. The predicted octanol–water partition coefficient (Wildman–Crippen LogP) is 2.28. The predicted molar refractivity (Wildman–Crippen MR) is 87.1 cm³/mol. The highest BCUT2D eigenvalue weighted by atomic mass is 32.1. The molecule has 0 aliphatic heterocycles. The zero-order valence-corrected chi connectivity index (χ0v) is 12.9. The maximum Gasteiger partial charge on any atom is 0.236 e. The van der Waals surface area contributed by atoms with E-state index in [-0.39, 0.29) is 0 Å². The fourth-order valence-electron chi connectivity index (χ4n) is 1.77. The summed E-state index contributed by atoms with van der Waals surface area (Å²) in [6, 6.07) is 9.87. The van der Waals surface area contributed by atoms with E-state index in [1.165, 1.54) is 17.9 Å². The fourth-order valence-corrected chi connectivity index (χ4v) is 2.20. The first-order chi connectivity index (χ1) is 10.8. The Bertz CT molecular complexity index is 731. The molecular formula is C13H14N8S. The van der Waals surface area contributed by atoms with Gasteiger partial charge in [-0.3, -0.25) is 5.32 Å². The molecular weight excluding hydrogens is 300 g/mol. The second kappa shape index (κ2) is 6.31. The summed E-state index contributed by atoms with van der Waals surface area (Å²) in [5.41, 5.74) is 0.984. The van der Waals surface area contributed by atoms with Crippen molar-refractivity contribution in [2.45, 2.75) is 0 Å². The number of nitrogens with zero attached hydrogens (tertiary/aromatic N) is 6. The third kappa shape index (κ3) is 3.09. The minimum absolute atomic E-state index is 0.411. The summed E-state index contributed by atoms with van der Waals surface area (Å²) in [5.74, 6) is 1.41. The molecule has 2 aromatic heterocycles. The second-order valence-corrected chi connectivity index (χ2v) is 5.08. The van der Waals surface area contributed by atoms with Crippen LogP contribution in [0.15, 0.2) is 36.7 Å². The molecule has 1 aromatic carbocycles. The average Bonchev–Trinajstić information content (AvgIpc) is 3.07. The highest BCUT2D eigenvalue weighted by molar-refractivity contribution is 7.09. The normalized spacial score (nSPS) is 10.3. The van der Waals surface area contributed by atoms with Gasteiger partial charge in [-0.05, 0) is 12.1 Å². The van der Waals surface area contributed by atoms with Crippen LogP contribution in [0.25, 0.3) is 0 Å². The summed E-state index contributed by atoms with van der Waals surface area (Å²) in [6.07, 6.45) is 1.48. The molecule has 0 aliphatic rings. The largest absolute Gasteiger partial charge is 0.357 e. The smallest absolute Gasteiger partial charge is 0.236 e. The highest BCUT2D eigenvalue weighted by Gasteiger charge is 2.12. The van der Waals surface area contributed by atoms with Gasteiger partial charge in [-0.15, -0.1) is 0 Å². The Balaban J connectivity index is 1.93. The third-order valence-electron chi connectivity index (χ3n) is 2.87. The number of para-hydroxylation sites is 1. The van der Waals surface area contributed by atoms with Gasteiger partial charge in [0.15, 0.2) is 0 Å². The SMILES string of the molecule is CNc1nc(Nc2ncns2)nc(N(C)c2ccccc2)n1. The lowest BCUT2D eigenvalue weighted by atomic mass is 10.3. The van der Waals surface area contributed by atoms with Gasteiger partial charge < -0.3 is 10.2 Å². The molecule has 0 spiro atoms. The van der Waals surface area contributed by atoms with Crippen molar-refractivity contribution in [3.8, 4) is 0 Å². The van der Waals surface area contributed by atoms with Crippen molar-refractivity contribution in [2.75, 3.05) is 29.6 Å². The molecule has 0 atom stereocenters. The van der Waals surface area contributed by atoms with E-state index in [9.17, 15) is 0 Å². The molecule has 112 valence electrons. The fraction of sp³-hybridized carbons (Fsp3) is 0.154. The van der Waals surface area contributed by atoms with Gasteiger partial charge in [0.25, 0.3) is 0 Å². The van der Waals surface area contributed by atoms with Gasteiger partial charge in [-0.1, -0.05) is 18.2 Å². The maximum atomic E-state index is 4.42. The van der Waals surface area contributed by atoms with Crippen LogP contribution in [0.1, 0.15) is 0 Å². The van der Waals surface area contributed by atoms with E-state index in [1.807, 2.05) is 42.3 Å². The molecule has 3 aromatic rings. The van der Waals surface area contributed by atoms with Crippen LogP contribution in [0.4, 0.5) is 28.7 Å². The van der Waals surface area contributed by atoms with E-state index in [1.54, 1.807) is 7.05 Å². The first-order valence-corrected chi connectivity index (χ1v) is 7.30. The topological polar surface area (TPSA) is 91.8 Å². The van der Waals surface area contributed by atoms with E-state index in [0.29, 0.717) is 23.0 Å². The van der Waals surface area contributed by atoms with Gasteiger partial charge in [0.2, 0.25) is 23.0 Å². The Morgan fingerprint density at radius 1 is 1.05 bits per heavy atom. The van der Waals surface area contributed by atoms with E-state index in [0.717, 1.165) is 5.69 Å². The van der Waals surface area contributed by atoms with Gasteiger partial charge >= 0.3 is 0 Å². The number of anilines is 5. The molecule has 0 unspecified atom stereocenters. The zero-order chi connectivity index (χ0) is 15.4. The van der Waals surface area contributed by atoms with Crippen molar-refractivity contribution < 1.29 is 0 Å². The van der Waals surface area contributed by atoms with E-state index >= 15 is 0 Å². The van der Waals surface area contributed by atoms with E-state index in [4.69, 9.17) is 0 Å². The van der Waals surface area contributed by atoms with Crippen LogP contribution >= 0.6 is 11.5 Å². The van der Waals surface area contributed by atoms with E-state index in [2.05, 4.69) is 34.9 Å². The molecule has 0 amide bonds. The summed E-state index contributed by atoms with van der Waals surface area (Å²) in [5, 5.41) is 6.58. The van der Waals surface area contributed by atoms with Crippen molar-refractivity contribution in [3.63, 3.8) is 0 Å². The lowest BCUT2D eigenvalue weighted by molar-refractivity contribution is 0.991. The van der Waals surface area contributed by atoms with Gasteiger partial charge in [0, 0.05) is 31.3 Å². The Morgan fingerprint density at radius 3 is 2.50 bits per heavy atom. The molecule has 0 saturated heterocycles. The average molecular weight is 314 g/mol. The molecule has 8 nitrogen and oxygen atoms in total. The molecule has 2 heterocycles. The quantitative estimate of drug-likeness (QED) is 0.741. The van der Waals surface area contributed by atoms with Crippen LogP contribution in [-0.2, 0) is 0 Å². The van der Waals surface area contributed by atoms with Crippen molar-refractivity contribution in [1.29, 1.82) is 0 Å². The summed E-state index contributed by atoms with van der Waals surface area (Å²) >= 11 is 1.24. The molecule has 0 saturated carbocycles. The zero-order valence-electron chi connectivity index (χ0n) is 12.1. The molecule has 3 rings (SSSR count). The summed E-state index contributed by atoms with van der Waals surface area (Å²) in [7, 11) is 3.66. The van der Waals surface area contributed by atoms with Crippen LogP contribution in [0, 0.1) is 0 Å². The Labute approximate surface area is 131 Å². The van der Waals surface area contributed by atoms with Crippen molar-refractivity contribution in [3.05, 3.63) is 36.7 Å².